The highest BCUT2D eigenvalue weighted by Crippen LogP contribution is 2.38. The average Bonchev–Trinajstić information content (AvgIpc) is 2.38. The van der Waals surface area contributed by atoms with E-state index in [0.717, 1.165) is 5.56 Å². The zero-order chi connectivity index (χ0) is 14.8. The van der Waals surface area contributed by atoms with Gasteiger partial charge >= 0.3 is 6.18 Å². The molecule has 5 heteroatoms. The molecule has 0 saturated heterocycles. The topological polar surface area (TPSA) is 12.0 Å². The molecule has 1 nitrogen and oxygen atoms in total. The predicted octanol–water partition coefficient (Wildman–Crippen LogP) is 5.11. The van der Waals surface area contributed by atoms with Crippen molar-refractivity contribution in [2.45, 2.75) is 50.9 Å². The van der Waals surface area contributed by atoms with E-state index in [9.17, 15) is 13.2 Å². The first-order valence-corrected chi connectivity index (χ1v) is 7.33. The number of halogens is 4. The third-order valence-electron chi connectivity index (χ3n) is 4.05. The molecule has 0 aromatic heterocycles. The van der Waals surface area contributed by atoms with Crippen LogP contribution in [0.15, 0.2) is 24.3 Å². The van der Waals surface area contributed by atoms with Crippen molar-refractivity contribution >= 4 is 11.6 Å². The Morgan fingerprint density at radius 3 is 2.30 bits per heavy atom. The Bertz CT molecular complexity index is 439. The van der Waals surface area contributed by atoms with E-state index in [1.54, 1.807) is 0 Å². The van der Waals surface area contributed by atoms with E-state index in [2.05, 4.69) is 5.32 Å². The number of hydrogen-bond acceptors (Lipinski definition) is 1. The van der Waals surface area contributed by atoms with Gasteiger partial charge in [0.2, 0.25) is 0 Å². The molecule has 1 aromatic carbocycles. The molecule has 1 atom stereocenters. The highest BCUT2D eigenvalue weighted by molar-refractivity contribution is 6.31. The molecule has 1 fully saturated rings. The fraction of sp³-hybridized carbons (Fsp3) is 0.600. The number of benzene rings is 1. The first kappa shape index (κ1) is 15.6. The van der Waals surface area contributed by atoms with Crippen molar-refractivity contribution in [2.75, 3.05) is 0 Å². The second-order valence-electron chi connectivity index (χ2n) is 5.50. The first-order valence-electron chi connectivity index (χ1n) is 6.95. The number of hydrogen-bond donors (Lipinski definition) is 1. The van der Waals surface area contributed by atoms with E-state index in [-0.39, 0.29) is 24.9 Å². The second kappa shape index (κ2) is 6.35. The van der Waals surface area contributed by atoms with Crippen molar-refractivity contribution < 1.29 is 13.2 Å². The van der Waals surface area contributed by atoms with Gasteiger partial charge in [0.05, 0.1) is 5.92 Å². The highest BCUT2D eigenvalue weighted by Gasteiger charge is 2.41. The zero-order valence-corrected chi connectivity index (χ0v) is 12.1. The maximum atomic E-state index is 12.6. The van der Waals surface area contributed by atoms with Crippen molar-refractivity contribution in [2.24, 2.45) is 5.92 Å². The van der Waals surface area contributed by atoms with Crippen molar-refractivity contribution in [3.05, 3.63) is 34.9 Å². The van der Waals surface area contributed by atoms with E-state index in [0.29, 0.717) is 17.9 Å². The molecule has 0 radical (unpaired) electrons. The molecule has 1 saturated carbocycles. The van der Waals surface area contributed by atoms with E-state index in [1.807, 2.05) is 31.2 Å². The summed E-state index contributed by atoms with van der Waals surface area (Å²) in [5, 5.41) is 4.09. The van der Waals surface area contributed by atoms with Gasteiger partial charge in [0, 0.05) is 17.1 Å². The van der Waals surface area contributed by atoms with E-state index < -0.39 is 12.1 Å². The molecule has 20 heavy (non-hydrogen) atoms. The number of rotatable bonds is 3. The lowest BCUT2D eigenvalue weighted by molar-refractivity contribution is -0.182. The monoisotopic (exact) mass is 305 g/mol. The Kier molecular flexibility index (Phi) is 4.97. The summed E-state index contributed by atoms with van der Waals surface area (Å²) < 4.78 is 37.8. The van der Waals surface area contributed by atoms with Crippen LogP contribution in [0.1, 0.15) is 44.2 Å². The van der Waals surface area contributed by atoms with Crippen LogP contribution >= 0.6 is 11.6 Å². The van der Waals surface area contributed by atoms with E-state index in [4.69, 9.17) is 11.6 Å². The SMILES string of the molecule is CC(NC1CCC(C(F)(F)F)CC1)c1ccccc1Cl. The van der Waals surface area contributed by atoms with Gasteiger partial charge < -0.3 is 5.32 Å². The van der Waals surface area contributed by atoms with Crippen LogP contribution in [-0.2, 0) is 0 Å². The molecule has 1 aliphatic carbocycles. The van der Waals surface area contributed by atoms with Gasteiger partial charge in [-0.15, -0.1) is 0 Å². The van der Waals surface area contributed by atoms with Gasteiger partial charge in [0.1, 0.15) is 0 Å². The smallest absolute Gasteiger partial charge is 0.307 e. The average molecular weight is 306 g/mol. The molecular formula is C15H19ClF3N. The Balaban J connectivity index is 1.88. The van der Waals surface area contributed by atoms with Crippen LogP contribution in [0.4, 0.5) is 13.2 Å². The molecule has 112 valence electrons. The van der Waals surface area contributed by atoms with Crippen molar-refractivity contribution in [3.63, 3.8) is 0 Å². The second-order valence-corrected chi connectivity index (χ2v) is 5.91. The van der Waals surface area contributed by atoms with Gasteiger partial charge in [-0.1, -0.05) is 29.8 Å². The van der Waals surface area contributed by atoms with Crippen LogP contribution in [-0.4, -0.2) is 12.2 Å². The van der Waals surface area contributed by atoms with Gasteiger partial charge in [-0.3, -0.25) is 0 Å². The molecule has 1 N–H and O–H groups in total. The molecule has 0 bridgehead atoms. The summed E-state index contributed by atoms with van der Waals surface area (Å²) in [5.74, 6) is -1.13. The van der Waals surface area contributed by atoms with Crippen molar-refractivity contribution in [1.29, 1.82) is 0 Å². The molecular weight excluding hydrogens is 287 g/mol. The molecule has 2 rings (SSSR count). The lowest BCUT2D eigenvalue weighted by atomic mass is 9.85. The lowest BCUT2D eigenvalue weighted by Crippen LogP contribution is -2.38. The van der Waals surface area contributed by atoms with Crippen molar-refractivity contribution in [3.8, 4) is 0 Å². The highest BCUT2D eigenvalue weighted by atomic mass is 35.5. The third kappa shape index (κ3) is 3.89. The van der Waals surface area contributed by atoms with E-state index in [1.165, 1.54) is 0 Å². The molecule has 1 aliphatic rings. The minimum absolute atomic E-state index is 0.0520. The number of nitrogens with one attached hydrogen (secondary N) is 1. The van der Waals surface area contributed by atoms with Gasteiger partial charge in [-0.2, -0.15) is 13.2 Å². The van der Waals surface area contributed by atoms with Crippen LogP contribution in [0.25, 0.3) is 0 Å². The summed E-state index contributed by atoms with van der Waals surface area (Å²) >= 11 is 6.13. The molecule has 0 heterocycles. The summed E-state index contributed by atoms with van der Waals surface area (Å²) in [6.45, 7) is 2.00. The normalized spacial score (nSPS) is 25.4. The predicted molar refractivity (Wildman–Crippen MR) is 74.8 cm³/mol. The van der Waals surface area contributed by atoms with E-state index >= 15 is 0 Å². The van der Waals surface area contributed by atoms with Gasteiger partial charge in [-0.25, -0.2) is 0 Å². The quantitative estimate of drug-likeness (QED) is 0.818. The third-order valence-corrected chi connectivity index (χ3v) is 4.39. The standard InChI is InChI=1S/C15H19ClF3N/c1-10(13-4-2-3-5-14(13)16)20-12-8-6-11(7-9-12)15(17,18)19/h2-5,10-12,20H,6-9H2,1H3. The zero-order valence-electron chi connectivity index (χ0n) is 11.4. The Morgan fingerprint density at radius 1 is 1.15 bits per heavy atom. The molecule has 1 aromatic rings. The Labute approximate surface area is 122 Å². The minimum Gasteiger partial charge on any atom is -0.307 e. The minimum atomic E-state index is -4.04. The maximum Gasteiger partial charge on any atom is 0.391 e. The van der Waals surface area contributed by atoms with Crippen LogP contribution < -0.4 is 5.32 Å². The molecule has 1 unspecified atom stereocenters. The van der Waals surface area contributed by atoms with Gasteiger partial charge in [0.25, 0.3) is 0 Å². The molecule has 0 spiro atoms. The number of alkyl halides is 3. The summed E-state index contributed by atoms with van der Waals surface area (Å²) in [4.78, 5) is 0. The fourth-order valence-corrected chi connectivity index (χ4v) is 3.16. The first-order chi connectivity index (χ1) is 9.38. The fourth-order valence-electron chi connectivity index (χ4n) is 2.86. The lowest BCUT2D eigenvalue weighted by Gasteiger charge is -2.32. The van der Waals surface area contributed by atoms with Crippen molar-refractivity contribution in [1.82, 2.24) is 5.32 Å². The summed E-state index contributed by atoms with van der Waals surface area (Å²) in [6, 6.07) is 7.75. The summed E-state index contributed by atoms with van der Waals surface area (Å²) in [6.07, 6.45) is -2.47. The summed E-state index contributed by atoms with van der Waals surface area (Å²) in [7, 11) is 0. The molecule has 0 amide bonds. The largest absolute Gasteiger partial charge is 0.391 e. The Hall–Kier alpha value is -0.740. The molecule has 0 aliphatic heterocycles. The summed E-state index contributed by atoms with van der Waals surface area (Å²) in [5.41, 5.74) is 0.993. The van der Waals surface area contributed by atoms with Crippen LogP contribution in [0.5, 0.6) is 0 Å². The van der Waals surface area contributed by atoms with Gasteiger partial charge in [0.15, 0.2) is 0 Å². The van der Waals surface area contributed by atoms with Gasteiger partial charge in [-0.05, 0) is 44.2 Å². The Morgan fingerprint density at radius 2 is 1.75 bits per heavy atom. The van der Waals surface area contributed by atoms with Crippen LogP contribution in [0.2, 0.25) is 5.02 Å². The maximum absolute atomic E-state index is 12.6. The van der Waals surface area contributed by atoms with Crippen LogP contribution in [0, 0.1) is 5.92 Å². The van der Waals surface area contributed by atoms with Crippen LogP contribution in [0.3, 0.4) is 0 Å².